The van der Waals surface area contributed by atoms with Crippen LogP contribution in [0.2, 0.25) is 0 Å². The molecule has 0 aliphatic rings. The summed E-state index contributed by atoms with van der Waals surface area (Å²) in [5.41, 5.74) is 0.402. The SMILES string of the molecule is C=C(C)[C@@H](C(=O)N[C@H](C(=O)Nc1ccccc1)C(C)C)N(C)C(=O)OC(C)(C)C. The Kier molecular flexibility index (Phi) is 8.42. The van der Waals surface area contributed by atoms with Gasteiger partial charge in [0.25, 0.3) is 0 Å². The fourth-order valence-corrected chi connectivity index (χ4v) is 2.68. The van der Waals surface area contributed by atoms with E-state index in [1.165, 1.54) is 11.9 Å². The molecule has 0 aromatic heterocycles. The zero-order chi connectivity index (χ0) is 22.4. The molecule has 7 nitrogen and oxygen atoms in total. The zero-order valence-electron chi connectivity index (χ0n) is 18.4. The number of benzene rings is 1. The molecule has 0 bridgehead atoms. The van der Waals surface area contributed by atoms with E-state index in [-0.39, 0.29) is 11.8 Å². The van der Waals surface area contributed by atoms with Crippen molar-refractivity contribution >= 4 is 23.6 Å². The third-order valence-corrected chi connectivity index (χ3v) is 4.07. The monoisotopic (exact) mass is 403 g/mol. The second-order valence-electron chi connectivity index (χ2n) is 8.43. The lowest BCUT2D eigenvalue weighted by Crippen LogP contribution is -2.55. The standard InChI is InChI=1S/C22H33N3O4/c1-14(2)17(19(26)23-16-12-10-9-11-13-16)24-20(27)18(15(3)4)25(8)21(28)29-22(5,6)7/h9-14,17-18H,3H2,1-2,4-8H3,(H,23,26)(H,24,27)/t17-,18-/m0/s1. The van der Waals surface area contributed by atoms with Crippen LogP contribution in [0.15, 0.2) is 42.5 Å². The largest absolute Gasteiger partial charge is 0.444 e. The molecule has 2 N–H and O–H groups in total. The number of hydrogen-bond donors (Lipinski definition) is 2. The van der Waals surface area contributed by atoms with E-state index < -0.39 is 29.7 Å². The summed E-state index contributed by atoms with van der Waals surface area (Å²) in [6.45, 7) is 14.4. The molecule has 0 fully saturated rings. The van der Waals surface area contributed by atoms with Crippen molar-refractivity contribution in [1.82, 2.24) is 10.2 Å². The van der Waals surface area contributed by atoms with Gasteiger partial charge < -0.3 is 15.4 Å². The highest BCUT2D eigenvalue weighted by Gasteiger charge is 2.34. The van der Waals surface area contributed by atoms with Gasteiger partial charge in [-0.25, -0.2) is 4.79 Å². The van der Waals surface area contributed by atoms with Crippen LogP contribution in [0.1, 0.15) is 41.5 Å². The molecule has 1 aromatic rings. The first-order valence-electron chi connectivity index (χ1n) is 9.61. The van der Waals surface area contributed by atoms with E-state index in [0.29, 0.717) is 11.3 Å². The lowest BCUT2D eigenvalue weighted by atomic mass is 10.0. The summed E-state index contributed by atoms with van der Waals surface area (Å²) in [6.07, 6.45) is -0.643. The summed E-state index contributed by atoms with van der Waals surface area (Å²) >= 11 is 0. The van der Waals surface area contributed by atoms with Gasteiger partial charge in [0.15, 0.2) is 0 Å². The number of anilines is 1. The smallest absolute Gasteiger partial charge is 0.410 e. The molecule has 29 heavy (non-hydrogen) atoms. The van der Waals surface area contributed by atoms with Crippen molar-refractivity contribution in [1.29, 1.82) is 0 Å². The van der Waals surface area contributed by atoms with Crippen molar-refractivity contribution < 1.29 is 19.1 Å². The van der Waals surface area contributed by atoms with Gasteiger partial charge in [-0.1, -0.05) is 38.6 Å². The van der Waals surface area contributed by atoms with E-state index >= 15 is 0 Å². The van der Waals surface area contributed by atoms with Crippen LogP contribution >= 0.6 is 0 Å². The molecule has 1 aromatic carbocycles. The topological polar surface area (TPSA) is 87.7 Å². The first kappa shape index (κ1) is 24.2. The van der Waals surface area contributed by atoms with Crippen LogP contribution in [-0.2, 0) is 14.3 Å². The predicted octanol–water partition coefficient (Wildman–Crippen LogP) is 3.58. The van der Waals surface area contributed by atoms with Crippen LogP contribution in [0.5, 0.6) is 0 Å². The number of carbonyl (C=O) groups is 3. The fraction of sp³-hybridized carbons (Fsp3) is 0.500. The maximum absolute atomic E-state index is 13.0. The average molecular weight is 404 g/mol. The highest BCUT2D eigenvalue weighted by molar-refractivity contribution is 5.99. The molecule has 0 heterocycles. The molecule has 3 amide bonds. The zero-order valence-corrected chi connectivity index (χ0v) is 18.4. The van der Waals surface area contributed by atoms with Gasteiger partial charge in [0.05, 0.1) is 0 Å². The van der Waals surface area contributed by atoms with Crippen LogP contribution in [-0.4, -0.2) is 47.5 Å². The first-order valence-corrected chi connectivity index (χ1v) is 9.61. The molecule has 0 radical (unpaired) electrons. The summed E-state index contributed by atoms with van der Waals surface area (Å²) in [4.78, 5) is 39.3. The van der Waals surface area contributed by atoms with Crippen molar-refractivity contribution in [3.05, 3.63) is 42.5 Å². The third-order valence-electron chi connectivity index (χ3n) is 4.07. The summed E-state index contributed by atoms with van der Waals surface area (Å²) in [7, 11) is 1.47. The molecule has 0 unspecified atom stereocenters. The molecule has 0 aliphatic heterocycles. The van der Waals surface area contributed by atoms with E-state index in [0.717, 1.165) is 0 Å². The Balaban J connectivity index is 2.96. The van der Waals surface area contributed by atoms with Crippen LogP contribution in [0.3, 0.4) is 0 Å². The van der Waals surface area contributed by atoms with Gasteiger partial charge in [-0.15, -0.1) is 0 Å². The molecule has 2 atom stereocenters. The maximum atomic E-state index is 13.0. The average Bonchev–Trinajstić information content (AvgIpc) is 2.58. The van der Waals surface area contributed by atoms with Gasteiger partial charge in [-0.05, 0) is 51.3 Å². The lowest BCUT2D eigenvalue weighted by Gasteiger charge is -2.32. The molecule has 0 saturated heterocycles. The van der Waals surface area contributed by atoms with Crippen molar-refractivity contribution in [2.75, 3.05) is 12.4 Å². The lowest BCUT2D eigenvalue weighted by molar-refractivity contribution is -0.129. The van der Waals surface area contributed by atoms with Crippen molar-refractivity contribution in [3.63, 3.8) is 0 Å². The molecule has 1 rings (SSSR count). The Labute approximate surface area is 173 Å². The molecule has 0 spiro atoms. The van der Waals surface area contributed by atoms with Gasteiger partial charge in [-0.2, -0.15) is 0 Å². The minimum Gasteiger partial charge on any atom is -0.444 e. The minimum atomic E-state index is -0.962. The number of amides is 3. The number of carbonyl (C=O) groups excluding carboxylic acids is 3. The third kappa shape index (κ3) is 7.60. The second-order valence-corrected chi connectivity index (χ2v) is 8.43. The van der Waals surface area contributed by atoms with E-state index in [2.05, 4.69) is 17.2 Å². The number of rotatable bonds is 7. The fourth-order valence-electron chi connectivity index (χ4n) is 2.68. The molecule has 0 aliphatic carbocycles. The van der Waals surface area contributed by atoms with E-state index in [1.807, 2.05) is 32.0 Å². The quantitative estimate of drug-likeness (QED) is 0.681. The predicted molar refractivity (Wildman–Crippen MR) is 114 cm³/mol. The molecular formula is C22H33N3O4. The van der Waals surface area contributed by atoms with Gasteiger partial charge >= 0.3 is 6.09 Å². The summed E-state index contributed by atoms with van der Waals surface area (Å²) in [5, 5.41) is 5.55. The summed E-state index contributed by atoms with van der Waals surface area (Å²) < 4.78 is 5.35. The Morgan fingerprint density at radius 3 is 2.07 bits per heavy atom. The van der Waals surface area contributed by atoms with E-state index in [9.17, 15) is 14.4 Å². The Hall–Kier alpha value is -2.83. The van der Waals surface area contributed by atoms with Crippen LogP contribution in [0.25, 0.3) is 0 Å². The van der Waals surface area contributed by atoms with Crippen LogP contribution in [0.4, 0.5) is 10.5 Å². The molecule has 7 heteroatoms. The molecule has 160 valence electrons. The number of ether oxygens (including phenoxy) is 1. The highest BCUT2D eigenvalue weighted by Crippen LogP contribution is 2.16. The van der Waals surface area contributed by atoms with Crippen molar-refractivity contribution in [2.24, 2.45) is 5.92 Å². The van der Waals surface area contributed by atoms with Crippen molar-refractivity contribution in [2.45, 2.75) is 59.2 Å². The summed E-state index contributed by atoms with van der Waals surface area (Å²) in [5.74, 6) is -0.993. The minimum absolute atomic E-state index is 0.166. The van der Waals surface area contributed by atoms with Gasteiger partial charge in [0.2, 0.25) is 11.8 Å². The van der Waals surface area contributed by atoms with Gasteiger partial charge in [0, 0.05) is 12.7 Å². The Bertz CT molecular complexity index is 738. The summed E-state index contributed by atoms with van der Waals surface area (Å²) in [6, 6.07) is 7.26. The number of nitrogens with one attached hydrogen (secondary N) is 2. The van der Waals surface area contributed by atoms with E-state index in [4.69, 9.17) is 4.74 Å². The highest BCUT2D eigenvalue weighted by atomic mass is 16.6. The van der Waals surface area contributed by atoms with Crippen LogP contribution in [0, 0.1) is 5.92 Å². The molecular weight excluding hydrogens is 370 g/mol. The second kappa shape index (κ2) is 10.1. The number of likely N-dealkylation sites (N-methyl/N-ethyl adjacent to an activating group) is 1. The first-order chi connectivity index (χ1) is 13.3. The Morgan fingerprint density at radius 2 is 1.62 bits per heavy atom. The number of nitrogens with zero attached hydrogens (tertiary/aromatic N) is 1. The normalized spacial score (nSPS) is 13.2. The number of hydrogen-bond acceptors (Lipinski definition) is 4. The number of para-hydroxylation sites is 1. The maximum Gasteiger partial charge on any atom is 0.410 e. The van der Waals surface area contributed by atoms with E-state index in [1.54, 1.807) is 39.8 Å². The van der Waals surface area contributed by atoms with Crippen LogP contribution < -0.4 is 10.6 Å². The van der Waals surface area contributed by atoms with Gasteiger partial charge in [-0.3, -0.25) is 14.5 Å². The van der Waals surface area contributed by atoms with Gasteiger partial charge in [0.1, 0.15) is 17.7 Å². The van der Waals surface area contributed by atoms with Crippen molar-refractivity contribution in [3.8, 4) is 0 Å². The molecule has 0 saturated carbocycles. The Morgan fingerprint density at radius 1 is 1.07 bits per heavy atom.